The van der Waals surface area contributed by atoms with Gasteiger partial charge in [0.25, 0.3) is 0 Å². The Kier molecular flexibility index (Phi) is 3.92. The highest BCUT2D eigenvalue weighted by Gasteiger charge is 2.09. The molecule has 1 rings (SSSR count). The number of allylic oxidation sites excluding steroid dienone is 4. The summed E-state index contributed by atoms with van der Waals surface area (Å²) in [5.74, 6) is 1.85. The highest BCUT2D eigenvalue weighted by molar-refractivity contribution is 5.69. The number of hydrogen-bond acceptors (Lipinski definition) is 1. The van der Waals surface area contributed by atoms with Crippen molar-refractivity contribution in [2.24, 2.45) is 0 Å². The van der Waals surface area contributed by atoms with Gasteiger partial charge in [0, 0.05) is 11.1 Å². The Bertz CT molecular complexity index is 378. The highest BCUT2D eigenvalue weighted by atomic mass is 16.3. The Labute approximate surface area is 91.1 Å². The van der Waals surface area contributed by atoms with E-state index in [1.54, 1.807) is 12.2 Å². The zero-order valence-corrected chi connectivity index (χ0v) is 9.29. The molecule has 0 aliphatic rings. The number of furan rings is 1. The predicted molar refractivity (Wildman–Crippen MR) is 66.6 cm³/mol. The van der Waals surface area contributed by atoms with Crippen molar-refractivity contribution in [2.75, 3.05) is 0 Å². The second kappa shape index (κ2) is 5.20. The van der Waals surface area contributed by atoms with Gasteiger partial charge in [-0.15, -0.1) is 0 Å². The first-order valence-electron chi connectivity index (χ1n) is 4.89. The summed E-state index contributed by atoms with van der Waals surface area (Å²) in [6.45, 7) is 11.2. The molecular formula is C14H16O. The molecule has 0 amide bonds. The topological polar surface area (TPSA) is 13.1 Å². The third-order valence-corrected chi connectivity index (χ3v) is 2.15. The van der Waals surface area contributed by atoms with Crippen LogP contribution in [0, 0.1) is 13.8 Å². The SMILES string of the molecule is C=C/C=C\c1c(C)oc(C)c1/C=C\C=C. The third-order valence-electron chi connectivity index (χ3n) is 2.15. The van der Waals surface area contributed by atoms with Crippen LogP contribution >= 0.6 is 0 Å². The van der Waals surface area contributed by atoms with Crippen LogP contribution in [0.2, 0.25) is 0 Å². The highest BCUT2D eigenvalue weighted by Crippen LogP contribution is 2.24. The van der Waals surface area contributed by atoms with Crippen molar-refractivity contribution in [2.45, 2.75) is 13.8 Å². The molecule has 0 fully saturated rings. The molecule has 0 aliphatic heterocycles. The molecule has 0 aliphatic carbocycles. The Balaban J connectivity index is 3.21. The molecule has 0 atom stereocenters. The minimum absolute atomic E-state index is 0.925. The van der Waals surface area contributed by atoms with E-state index in [0.29, 0.717) is 0 Å². The third kappa shape index (κ3) is 2.59. The zero-order valence-electron chi connectivity index (χ0n) is 9.29. The Morgan fingerprint density at radius 1 is 0.867 bits per heavy atom. The van der Waals surface area contributed by atoms with Crippen LogP contribution in [0.25, 0.3) is 12.2 Å². The van der Waals surface area contributed by atoms with Gasteiger partial charge in [-0.1, -0.05) is 49.6 Å². The predicted octanol–water partition coefficient (Wildman–Crippen LogP) is 4.29. The first-order chi connectivity index (χ1) is 7.20. The van der Waals surface area contributed by atoms with E-state index in [1.807, 2.05) is 38.2 Å². The average Bonchev–Trinajstić information content (AvgIpc) is 2.47. The van der Waals surface area contributed by atoms with Gasteiger partial charge in [0.1, 0.15) is 11.5 Å². The average molecular weight is 200 g/mol. The van der Waals surface area contributed by atoms with Crippen LogP contribution in [0.4, 0.5) is 0 Å². The van der Waals surface area contributed by atoms with Crippen molar-refractivity contribution in [1.82, 2.24) is 0 Å². The van der Waals surface area contributed by atoms with Crippen LogP contribution in [0.15, 0.2) is 41.9 Å². The first kappa shape index (κ1) is 11.3. The lowest BCUT2D eigenvalue weighted by molar-refractivity contribution is 0.503. The van der Waals surface area contributed by atoms with Gasteiger partial charge in [-0.2, -0.15) is 0 Å². The summed E-state index contributed by atoms with van der Waals surface area (Å²) < 4.78 is 5.57. The van der Waals surface area contributed by atoms with E-state index in [2.05, 4.69) is 13.2 Å². The summed E-state index contributed by atoms with van der Waals surface area (Å²) in [4.78, 5) is 0. The summed E-state index contributed by atoms with van der Waals surface area (Å²) in [5, 5.41) is 0. The number of rotatable bonds is 4. The molecular weight excluding hydrogens is 184 g/mol. The number of hydrogen-bond donors (Lipinski definition) is 0. The maximum Gasteiger partial charge on any atom is 0.108 e. The zero-order chi connectivity index (χ0) is 11.3. The van der Waals surface area contributed by atoms with Crippen molar-refractivity contribution in [3.05, 3.63) is 60.1 Å². The molecule has 0 saturated carbocycles. The lowest BCUT2D eigenvalue weighted by atomic mass is 10.1. The molecule has 1 heterocycles. The molecule has 0 spiro atoms. The van der Waals surface area contributed by atoms with E-state index >= 15 is 0 Å². The van der Waals surface area contributed by atoms with Gasteiger partial charge in [-0.3, -0.25) is 0 Å². The van der Waals surface area contributed by atoms with Crippen LogP contribution in [0.3, 0.4) is 0 Å². The second-order valence-electron chi connectivity index (χ2n) is 3.23. The van der Waals surface area contributed by atoms with Crippen LogP contribution in [0.5, 0.6) is 0 Å². The summed E-state index contributed by atoms with van der Waals surface area (Å²) in [6, 6.07) is 0. The smallest absolute Gasteiger partial charge is 0.108 e. The quantitative estimate of drug-likeness (QED) is 0.660. The molecule has 15 heavy (non-hydrogen) atoms. The first-order valence-corrected chi connectivity index (χ1v) is 4.89. The van der Waals surface area contributed by atoms with Gasteiger partial charge in [0.15, 0.2) is 0 Å². The molecule has 1 nitrogen and oxygen atoms in total. The molecule has 0 saturated heterocycles. The molecule has 78 valence electrons. The van der Waals surface area contributed by atoms with Crippen LogP contribution in [0.1, 0.15) is 22.6 Å². The molecule has 0 unspecified atom stereocenters. The van der Waals surface area contributed by atoms with E-state index in [0.717, 1.165) is 22.6 Å². The molecule has 0 N–H and O–H groups in total. The molecule has 1 aromatic heterocycles. The maximum atomic E-state index is 5.57. The lowest BCUT2D eigenvalue weighted by Gasteiger charge is -1.92. The van der Waals surface area contributed by atoms with Gasteiger partial charge in [-0.05, 0) is 13.8 Å². The Morgan fingerprint density at radius 3 is 1.60 bits per heavy atom. The fraction of sp³-hybridized carbons (Fsp3) is 0.143. The standard InChI is InChI=1S/C14H16O/c1-5-7-9-13-11(3)15-12(4)14(13)10-8-6-2/h5-10H,1-2H2,3-4H3/b9-7-,10-8-. The molecule has 0 radical (unpaired) electrons. The van der Waals surface area contributed by atoms with E-state index < -0.39 is 0 Å². The Morgan fingerprint density at radius 2 is 1.27 bits per heavy atom. The van der Waals surface area contributed by atoms with Gasteiger partial charge < -0.3 is 4.42 Å². The minimum atomic E-state index is 0.925. The van der Waals surface area contributed by atoms with Crippen molar-refractivity contribution in [3.63, 3.8) is 0 Å². The van der Waals surface area contributed by atoms with Gasteiger partial charge in [0.05, 0.1) is 0 Å². The lowest BCUT2D eigenvalue weighted by Crippen LogP contribution is -1.77. The van der Waals surface area contributed by atoms with Gasteiger partial charge in [-0.25, -0.2) is 0 Å². The van der Waals surface area contributed by atoms with Crippen molar-refractivity contribution >= 4 is 12.2 Å². The summed E-state index contributed by atoms with van der Waals surface area (Å²) in [5.41, 5.74) is 2.20. The van der Waals surface area contributed by atoms with E-state index in [9.17, 15) is 0 Å². The molecule has 1 aromatic rings. The second-order valence-corrected chi connectivity index (χ2v) is 3.23. The van der Waals surface area contributed by atoms with Crippen molar-refractivity contribution < 1.29 is 4.42 Å². The van der Waals surface area contributed by atoms with E-state index in [1.165, 1.54) is 0 Å². The largest absolute Gasteiger partial charge is 0.465 e. The fourth-order valence-electron chi connectivity index (χ4n) is 1.46. The van der Waals surface area contributed by atoms with Crippen LogP contribution in [-0.4, -0.2) is 0 Å². The molecule has 1 heteroatoms. The maximum absolute atomic E-state index is 5.57. The van der Waals surface area contributed by atoms with Crippen molar-refractivity contribution in [3.8, 4) is 0 Å². The van der Waals surface area contributed by atoms with Crippen LogP contribution in [-0.2, 0) is 0 Å². The normalized spacial score (nSPS) is 11.3. The van der Waals surface area contributed by atoms with Gasteiger partial charge >= 0.3 is 0 Å². The monoisotopic (exact) mass is 200 g/mol. The van der Waals surface area contributed by atoms with Crippen molar-refractivity contribution in [1.29, 1.82) is 0 Å². The van der Waals surface area contributed by atoms with E-state index in [4.69, 9.17) is 4.42 Å². The summed E-state index contributed by atoms with van der Waals surface area (Å²) in [7, 11) is 0. The minimum Gasteiger partial charge on any atom is -0.465 e. The van der Waals surface area contributed by atoms with Gasteiger partial charge in [0.2, 0.25) is 0 Å². The van der Waals surface area contributed by atoms with E-state index in [-0.39, 0.29) is 0 Å². The Hall–Kier alpha value is -1.76. The van der Waals surface area contributed by atoms with Crippen LogP contribution < -0.4 is 0 Å². The fourth-order valence-corrected chi connectivity index (χ4v) is 1.46. The summed E-state index contributed by atoms with van der Waals surface area (Å²) >= 11 is 0. The molecule has 0 aromatic carbocycles. The summed E-state index contributed by atoms with van der Waals surface area (Å²) in [6.07, 6.45) is 11.3. The number of aryl methyl sites for hydroxylation is 2. The molecule has 0 bridgehead atoms.